The topological polar surface area (TPSA) is 84.5 Å². The summed E-state index contributed by atoms with van der Waals surface area (Å²) in [5.41, 5.74) is 1.82. The highest BCUT2D eigenvalue weighted by molar-refractivity contribution is 7.89. The van der Waals surface area contributed by atoms with Crippen molar-refractivity contribution in [3.63, 3.8) is 0 Å². The van der Waals surface area contributed by atoms with Crippen LogP contribution in [-0.2, 0) is 27.7 Å². The first kappa shape index (κ1) is 23.4. The Morgan fingerprint density at radius 3 is 2.22 bits per heavy atom. The molecule has 168 valence electrons. The number of halogens is 1. The summed E-state index contributed by atoms with van der Waals surface area (Å²) in [6, 6.07) is 20.1. The number of rotatable bonds is 10. The van der Waals surface area contributed by atoms with E-state index < -0.39 is 27.8 Å². The Balaban J connectivity index is 1.69. The zero-order valence-corrected chi connectivity index (χ0v) is 18.4. The number of carbonyl (C=O) groups is 1. The summed E-state index contributed by atoms with van der Waals surface area (Å²) in [4.78, 5) is 12.8. The average molecular weight is 457 g/mol. The van der Waals surface area contributed by atoms with Crippen molar-refractivity contribution < 1.29 is 22.3 Å². The number of hydrogen-bond donors (Lipinski definition) is 2. The van der Waals surface area contributed by atoms with Crippen LogP contribution in [0, 0.1) is 5.82 Å². The molecule has 0 radical (unpaired) electrons. The van der Waals surface area contributed by atoms with Gasteiger partial charge in [0.2, 0.25) is 15.9 Å². The Labute approximate surface area is 187 Å². The van der Waals surface area contributed by atoms with Crippen molar-refractivity contribution in [1.82, 2.24) is 10.0 Å². The minimum atomic E-state index is -4.02. The fourth-order valence-corrected chi connectivity index (χ4v) is 4.35. The summed E-state index contributed by atoms with van der Waals surface area (Å²) in [6.45, 7) is 0.342. The Bertz CT molecular complexity index is 1120. The highest BCUT2D eigenvalue weighted by Gasteiger charge is 2.26. The first-order valence-electron chi connectivity index (χ1n) is 10.1. The first-order chi connectivity index (χ1) is 15.4. The fraction of sp³-hybridized carbons (Fsp3) is 0.208. The predicted octanol–water partition coefficient (Wildman–Crippen LogP) is 3.08. The van der Waals surface area contributed by atoms with Crippen molar-refractivity contribution in [3.8, 4) is 5.75 Å². The maximum absolute atomic E-state index is 13.2. The summed E-state index contributed by atoms with van der Waals surface area (Å²) in [5, 5.41) is 2.81. The van der Waals surface area contributed by atoms with Gasteiger partial charge in [-0.15, -0.1) is 0 Å². The maximum Gasteiger partial charge on any atom is 0.241 e. The van der Waals surface area contributed by atoms with Crippen LogP contribution in [-0.4, -0.2) is 34.0 Å². The molecule has 6 nitrogen and oxygen atoms in total. The lowest BCUT2D eigenvalue weighted by Crippen LogP contribution is -2.48. The second-order valence-corrected chi connectivity index (χ2v) is 8.92. The molecule has 3 aromatic carbocycles. The molecule has 0 saturated carbocycles. The molecular formula is C24H25FN2O4S. The van der Waals surface area contributed by atoms with Crippen LogP contribution in [0.4, 0.5) is 4.39 Å². The number of methoxy groups -OCH3 is 1. The molecule has 0 aliphatic rings. The molecule has 0 saturated heterocycles. The number of amides is 1. The van der Waals surface area contributed by atoms with Gasteiger partial charge >= 0.3 is 0 Å². The molecule has 8 heteroatoms. The van der Waals surface area contributed by atoms with E-state index in [4.69, 9.17) is 4.74 Å². The highest BCUT2D eigenvalue weighted by atomic mass is 32.2. The molecule has 3 aromatic rings. The molecule has 3 rings (SSSR count). The van der Waals surface area contributed by atoms with Gasteiger partial charge in [-0.3, -0.25) is 4.79 Å². The third-order valence-corrected chi connectivity index (χ3v) is 6.38. The van der Waals surface area contributed by atoms with Crippen LogP contribution in [0.3, 0.4) is 0 Å². The summed E-state index contributed by atoms with van der Waals surface area (Å²) >= 11 is 0. The van der Waals surface area contributed by atoms with Gasteiger partial charge in [0, 0.05) is 6.54 Å². The van der Waals surface area contributed by atoms with Crippen molar-refractivity contribution in [3.05, 3.63) is 95.8 Å². The Kier molecular flexibility index (Phi) is 7.97. The third-order valence-electron chi connectivity index (χ3n) is 4.89. The summed E-state index contributed by atoms with van der Waals surface area (Å²) in [6.07, 6.45) is 0.758. The molecule has 0 aliphatic heterocycles. The van der Waals surface area contributed by atoms with Crippen LogP contribution in [0.15, 0.2) is 83.8 Å². The largest absolute Gasteiger partial charge is 0.497 e. The Morgan fingerprint density at radius 1 is 0.938 bits per heavy atom. The van der Waals surface area contributed by atoms with Crippen LogP contribution < -0.4 is 14.8 Å². The zero-order valence-electron chi connectivity index (χ0n) is 17.6. The smallest absolute Gasteiger partial charge is 0.241 e. The van der Waals surface area contributed by atoms with Gasteiger partial charge in [0.1, 0.15) is 17.6 Å². The van der Waals surface area contributed by atoms with Gasteiger partial charge in [0.15, 0.2) is 0 Å². The van der Waals surface area contributed by atoms with E-state index in [1.54, 1.807) is 7.11 Å². The summed E-state index contributed by atoms with van der Waals surface area (Å²) < 4.78 is 46.3. The normalized spacial score (nSPS) is 12.2. The van der Waals surface area contributed by atoms with Crippen molar-refractivity contribution in [2.75, 3.05) is 13.7 Å². The van der Waals surface area contributed by atoms with E-state index in [1.165, 1.54) is 12.1 Å². The molecule has 0 unspecified atom stereocenters. The van der Waals surface area contributed by atoms with E-state index in [0.717, 1.165) is 29.0 Å². The van der Waals surface area contributed by atoms with E-state index in [9.17, 15) is 17.6 Å². The summed E-state index contributed by atoms with van der Waals surface area (Å²) in [5.74, 6) is -0.231. The van der Waals surface area contributed by atoms with Gasteiger partial charge in [0.25, 0.3) is 0 Å². The molecule has 0 heterocycles. The number of hydrogen-bond acceptors (Lipinski definition) is 4. The van der Waals surface area contributed by atoms with Crippen molar-refractivity contribution in [2.45, 2.75) is 23.8 Å². The van der Waals surface area contributed by atoms with Crippen molar-refractivity contribution in [1.29, 1.82) is 0 Å². The van der Waals surface area contributed by atoms with Gasteiger partial charge in [-0.05, 0) is 60.4 Å². The second-order valence-electron chi connectivity index (χ2n) is 7.21. The molecule has 0 bridgehead atoms. The third kappa shape index (κ3) is 6.63. The quantitative estimate of drug-likeness (QED) is 0.491. The van der Waals surface area contributed by atoms with E-state index in [-0.39, 0.29) is 11.3 Å². The number of sulfonamides is 1. The van der Waals surface area contributed by atoms with Gasteiger partial charge in [-0.2, -0.15) is 4.72 Å². The fourth-order valence-electron chi connectivity index (χ4n) is 3.15. The standard InChI is InChI=1S/C24H25FN2O4S/c1-31-21-11-7-18(8-12-21)15-16-26-24(28)23(17-19-5-3-2-4-6-19)27-32(29,30)22-13-9-20(25)10-14-22/h2-14,23,27H,15-17H2,1H3,(H,26,28)/t23-/m0/s1. The lowest BCUT2D eigenvalue weighted by molar-refractivity contribution is -0.122. The van der Waals surface area contributed by atoms with E-state index in [1.807, 2.05) is 54.6 Å². The van der Waals surface area contributed by atoms with E-state index in [2.05, 4.69) is 10.0 Å². The van der Waals surface area contributed by atoms with Gasteiger partial charge in [-0.1, -0.05) is 42.5 Å². The molecule has 0 aromatic heterocycles. The van der Waals surface area contributed by atoms with Crippen LogP contribution in [0.1, 0.15) is 11.1 Å². The number of carbonyl (C=O) groups excluding carboxylic acids is 1. The average Bonchev–Trinajstić information content (AvgIpc) is 2.80. The van der Waals surface area contributed by atoms with Gasteiger partial charge in [0.05, 0.1) is 12.0 Å². The van der Waals surface area contributed by atoms with E-state index >= 15 is 0 Å². The molecular weight excluding hydrogens is 431 g/mol. The van der Waals surface area contributed by atoms with Gasteiger partial charge < -0.3 is 10.1 Å². The minimum Gasteiger partial charge on any atom is -0.497 e. The van der Waals surface area contributed by atoms with Crippen LogP contribution >= 0.6 is 0 Å². The van der Waals surface area contributed by atoms with Crippen LogP contribution in [0.25, 0.3) is 0 Å². The zero-order chi connectivity index (χ0) is 23.0. The number of nitrogens with one attached hydrogen (secondary N) is 2. The summed E-state index contributed by atoms with van der Waals surface area (Å²) in [7, 11) is -2.43. The monoisotopic (exact) mass is 456 g/mol. The molecule has 0 fully saturated rings. The first-order valence-corrected chi connectivity index (χ1v) is 11.6. The lowest BCUT2D eigenvalue weighted by Gasteiger charge is -2.19. The van der Waals surface area contributed by atoms with Crippen molar-refractivity contribution >= 4 is 15.9 Å². The number of benzene rings is 3. The van der Waals surface area contributed by atoms with Crippen molar-refractivity contribution in [2.24, 2.45) is 0 Å². The van der Waals surface area contributed by atoms with Crippen LogP contribution in [0.2, 0.25) is 0 Å². The Morgan fingerprint density at radius 2 is 1.59 bits per heavy atom. The van der Waals surface area contributed by atoms with Gasteiger partial charge in [-0.25, -0.2) is 12.8 Å². The van der Waals surface area contributed by atoms with E-state index in [0.29, 0.717) is 13.0 Å². The second kappa shape index (κ2) is 10.9. The SMILES string of the molecule is COc1ccc(CCNC(=O)[C@H](Cc2ccccc2)NS(=O)(=O)c2ccc(F)cc2)cc1. The highest BCUT2D eigenvalue weighted by Crippen LogP contribution is 2.13. The molecule has 2 N–H and O–H groups in total. The molecule has 0 aliphatic carbocycles. The molecule has 1 amide bonds. The molecule has 0 spiro atoms. The number of ether oxygens (including phenoxy) is 1. The molecule has 1 atom stereocenters. The minimum absolute atomic E-state index is 0.108. The van der Waals surface area contributed by atoms with Crippen LogP contribution in [0.5, 0.6) is 5.75 Å². The lowest BCUT2D eigenvalue weighted by atomic mass is 10.1. The maximum atomic E-state index is 13.2. The predicted molar refractivity (Wildman–Crippen MR) is 120 cm³/mol. The molecule has 32 heavy (non-hydrogen) atoms. The Hall–Kier alpha value is -3.23.